The lowest BCUT2D eigenvalue weighted by atomic mass is 10.2. The summed E-state index contributed by atoms with van der Waals surface area (Å²) in [6.45, 7) is 1.30. The van der Waals surface area contributed by atoms with Crippen LogP contribution in [0.5, 0.6) is 11.5 Å². The van der Waals surface area contributed by atoms with Gasteiger partial charge in [-0.15, -0.1) is 0 Å². The van der Waals surface area contributed by atoms with Gasteiger partial charge in [-0.3, -0.25) is 4.79 Å². The van der Waals surface area contributed by atoms with Crippen LogP contribution in [0.15, 0.2) is 54.6 Å². The van der Waals surface area contributed by atoms with Crippen molar-refractivity contribution in [1.29, 1.82) is 0 Å². The van der Waals surface area contributed by atoms with Gasteiger partial charge in [-0.05, 0) is 49.2 Å². The molecule has 25 heavy (non-hydrogen) atoms. The summed E-state index contributed by atoms with van der Waals surface area (Å²) in [5, 5.41) is 0. The molecule has 2 aromatic rings. The van der Waals surface area contributed by atoms with Crippen LogP contribution in [0.25, 0.3) is 0 Å². The standard InChI is InChI=1S/C20H23NO4/c1-23-17-9-11-18(12-10-17)25-15-20(22)21(14-19-8-5-13-24-19)16-6-3-2-4-7-16/h2-4,6-7,9-12,19H,5,8,13-15H2,1H3. The van der Waals surface area contributed by atoms with Crippen LogP contribution in [-0.4, -0.2) is 38.9 Å². The fourth-order valence-corrected chi connectivity index (χ4v) is 2.85. The molecule has 0 saturated carbocycles. The van der Waals surface area contributed by atoms with E-state index in [1.165, 1.54) is 0 Å². The van der Waals surface area contributed by atoms with Gasteiger partial charge in [0.2, 0.25) is 0 Å². The molecule has 0 aromatic heterocycles. The summed E-state index contributed by atoms with van der Waals surface area (Å²) in [5.74, 6) is 1.31. The van der Waals surface area contributed by atoms with Crippen LogP contribution in [-0.2, 0) is 9.53 Å². The van der Waals surface area contributed by atoms with E-state index in [0.29, 0.717) is 12.3 Å². The molecule has 5 heteroatoms. The predicted molar refractivity (Wildman–Crippen MR) is 96.3 cm³/mol. The van der Waals surface area contributed by atoms with Gasteiger partial charge in [0, 0.05) is 12.3 Å². The van der Waals surface area contributed by atoms with E-state index in [0.717, 1.165) is 30.9 Å². The first kappa shape index (κ1) is 17.3. The smallest absolute Gasteiger partial charge is 0.264 e. The minimum absolute atomic E-state index is 0.0199. The van der Waals surface area contributed by atoms with Crippen LogP contribution in [0.2, 0.25) is 0 Å². The summed E-state index contributed by atoms with van der Waals surface area (Å²) in [6.07, 6.45) is 2.12. The number of hydrogen-bond donors (Lipinski definition) is 0. The maximum atomic E-state index is 12.7. The van der Waals surface area contributed by atoms with Gasteiger partial charge in [-0.1, -0.05) is 18.2 Å². The number of carbonyl (C=O) groups excluding carboxylic acids is 1. The van der Waals surface area contributed by atoms with Crippen molar-refractivity contribution in [3.63, 3.8) is 0 Å². The molecule has 3 rings (SSSR count). The normalized spacial score (nSPS) is 16.4. The average Bonchev–Trinajstić information content (AvgIpc) is 3.18. The Labute approximate surface area is 148 Å². The van der Waals surface area contributed by atoms with Crippen LogP contribution in [0.3, 0.4) is 0 Å². The number of carbonyl (C=O) groups is 1. The summed E-state index contributed by atoms with van der Waals surface area (Å²) in [6, 6.07) is 16.8. The first-order chi connectivity index (χ1) is 12.3. The minimum atomic E-state index is -0.0856. The third-order valence-electron chi connectivity index (χ3n) is 4.20. The number of hydrogen-bond acceptors (Lipinski definition) is 4. The van der Waals surface area contributed by atoms with E-state index in [9.17, 15) is 4.79 Å². The van der Waals surface area contributed by atoms with Gasteiger partial charge >= 0.3 is 0 Å². The quantitative estimate of drug-likeness (QED) is 0.775. The maximum absolute atomic E-state index is 12.7. The lowest BCUT2D eigenvalue weighted by Crippen LogP contribution is -2.40. The molecule has 132 valence electrons. The Morgan fingerprint density at radius 1 is 1.12 bits per heavy atom. The summed E-state index contributed by atoms with van der Waals surface area (Å²) < 4.78 is 16.5. The molecule has 2 aromatic carbocycles. The number of nitrogens with zero attached hydrogens (tertiary/aromatic N) is 1. The van der Waals surface area contributed by atoms with Crippen LogP contribution >= 0.6 is 0 Å². The number of benzene rings is 2. The number of anilines is 1. The number of methoxy groups -OCH3 is 1. The second-order valence-electron chi connectivity index (χ2n) is 5.94. The SMILES string of the molecule is COc1ccc(OCC(=O)N(CC2CCCO2)c2ccccc2)cc1. The van der Waals surface area contributed by atoms with Crippen molar-refractivity contribution in [1.82, 2.24) is 0 Å². The van der Waals surface area contributed by atoms with Crippen molar-refractivity contribution in [3.8, 4) is 11.5 Å². The van der Waals surface area contributed by atoms with Crippen LogP contribution in [0.1, 0.15) is 12.8 Å². The van der Waals surface area contributed by atoms with Gasteiger partial charge in [0.05, 0.1) is 19.8 Å². The van der Waals surface area contributed by atoms with E-state index in [1.807, 2.05) is 30.3 Å². The lowest BCUT2D eigenvalue weighted by Gasteiger charge is -2.25. The van der Waals surface area contributed by atoms with Gasteiger partial charge in [0.15, 0.2) is 6.61 Å². The van der Waals surface area contributed by atoms with E-state index in [2.05, 4.69) is 0 Å². The largest absolute Gasteiger partial charge is 0.497 e. The maximum Gasteiger partial charge on any atom is 0.264 e. The van der Waals surface area contributed by atoms with Gasteiger partial charge in [-0.25, -0.2) is 0 Å². The predicted octanol–water partition coefficient (Wildman–Crippen LogP) is 3.29. The molecule has 1 aliphatic heterocycles. The molecule has 0 spiro atoms. The first-order valence-electron chi connectivity index (χ1n) is 8.50. The Bertz CT molecular complexity index is 666. The molecular formula is C20H23NO4. The zero-order valence-corrected chi connectivity index (χ0v) is 14.4. The topological polar surface area (TPSA) is 48.0 Å². The molecule has 0 radical (unpaired) electrons. The van der Waals surface area contributed by atoms with Crippen molar-refractivity contribution in [2.45, 2.75) is 18.9 Å². The number of para-hydroxylation sites is 1. The van der Waals surface area contributed by atoms with Gasteiger partial charge < -0.3 is 19.1 Å². The average molecular weight is 341 g/mol. The zero-order chi connectivity index (χ0) is 17.5. The van der Waals surface area contributed by atoms with Crippen molar-refractivity contribution in [2.24, 2.45) is 0 Å². The van der Waals surface area contributed by atoms with Crippen LogP contribution < -0.4 is 14.4 Å². The molecule has 1 saturated heterocycles. The zero-order valence-electron chi connectivity index (χ0n) is 14.4. The highest BCUT2D eigenvalue weighted by atomic mass is 16.5. The van der Waals surface area contributed by atoms with Crippen molar-refractivity contribution in [3.05, 3.63) is 54.6 Å². The third kappa shape index (κ3) is 4.73. The molecule has 1 atom stereocenters. The van der Waals surface area contributed by atoms with E-state index in [-0.39, 0.29) is 18.6 Å². The Kier molecular flexibility index (Phi) is 5.90. The molecule has 1 unspecified atom stereocenters. The number of amides is 1. The van der Waals surface area contributed by atoms with E-state index >= 15 is 0 Å². The van der Waals surface area contributed by atoms with Crippen LogP contribution in [0.4, 0.5) is 5.69 Å². The summed E-state index contributed by atoms with van der Waals surface area (Å²) in [4.78, 5) is 14.5. The fourth-order valence-electron chi connectivity index (χ4n) is 2.85. The van der Waals surface area contributed by atoms with Crippen molar-refractivity contribution >= 4 is 11.6 Å². The van der Waals surface area contributed by atoms with Gasteiger partial charge in [-0.2, -0.15) is 0 Å². The highest BCUT2D eigenvalue weighted by Crippen LogP contribution is 2.21. The Hall–Kier alpha value is -2.53. The molecule has 1 amide bonds. The van der Waals surface area contributed by atoms with E-state index in [1.54, 1.807) is 36.3 Å². The summed E-state index contributed by atoms with van der Waals surface area (Å²) in [5.41, 5.74) is 0.862. The van der Waals surface area contributed by atoms with E-state index in [4.69, 9.17) is 14.2 Å². The summed E-state index contributed by atoms with van der Waals surface area (Å²) >= 11 is 0. The Morgan fingerprint density at radius 2 is 1.84 bits per heavy atom. The monoisotopic (exact) mass is 341 g/mol. The lowest BCUT2D eigenvalue weighted by molar-refractivity contribution is -0.120. The van der Waals surface area contributed by atoms with Gasteiger partial charge in [0.1, 0.15) is 11.5 Å². The van der Waals surface area contributed by atoms with Gasteiger partial charge in [0.25, 0.3) is 5.91 Å². The number of ether oxygens (including phenoxy) is 3. The molecular weight excluding hydrogens is 318 g/mol. The third-order valence-corrected chi connectivity index (χ3v) is 4.20. The van der Waals surface area contributed by atoms with Crippen LogP contribution in [0, 0.1) is 0 Å². The van der Waals surface area contributed by atoms with E-state index < -0.39 is 0 Å². The molecule has 1 aliphatic rings. The number of rotatable bonds is 7. The molecule has 5 nitrogen and oxygen atoms in total. The summed E-state index contributed by atoms with van der Waals surface area (Å²) in [7, 11) is 1.61. The minimum Gasteiger partial charge on any atom is -0.497 e. The van der Waals surface area contributed by atoms with Crippen molar-refractivity contribution in [2.75, 3.05) is 31.8 Å². The Morgan fingerprint density at radius 3 is 2.48 bits per heavy atom. The highest BCUT2D eigenvalue weighted by molar-refractivity contribution is 5.94. The molecule has 1 fully saturated rings. The second kappa shape index (κ2) is 8.53. The fraction of sp³-hybridized carbons (Fsp3) is 0.350. The second-order valence-corrected chi connectivity index (χ2v) is 5.94. The molecule has 0 bridgehead atoms. The molecule has 0 aliphatic carbocycles. The molecule has 0 N–H and O–H groups in total. The van der Waals surface area contributed by atoms with Crippen molar-refractivity contribution < 1.29 is 19.0 Å². The first-order valence-corrected chi connectivity index (χ1v) is 8.50. The highest BCUT2D eigenvalue weighted by Gasteiger charge is 2.24. The molecule has 1 heterocycles. The Balaban J connectivity index is 1.65.